The second kappa shape index (κ2) is 9.95. The molecule has 0 aromatic heterocycles. The topological polar surface area (TPSA) is 49.6 Å². The summed E-state index contributed by atoms with van der Waals surface area (Å²) in [6, 6.07) is 0. The standard InChI is InChI=1S/C14H29N3O/c1-5-9-17(10-6-2)12-13(14(15)18)8-7-11-16(3)4/h12H,5-11H2,1-4H3,(H2,15,18). The molecule has 0 heterocycles. The van der Waals surface area contributed by atoms with Gasteiger partial charge in [-0.05, 0) is 46.3 Å². The molecule has 0 radical (unpaired) electrons. The predicted molar refractivity (Wildman–Crippen MR) is 77.2 cm³/mol. The minimum absolute atomic E-state index is 0.286. The highest BCUT2D eigenvalue weighted by atomic mass is 16.1. The normalized spacial score (nSPS) is 11.9. The molecule has 0 bridgehead atoms. The zero-order chi connectivity index (χ0) is 14.0. The number of amides is 1. The van der Waals surface area contributed by atoms with Crippen molar-refractivity contribution in [1.82, 2.24) is 9.80 Å². The Hall–Kier alpha value is -1.03. The molecule has 106 valence electrons. The van der Waals surface area contributed by atoms with Gasteiger partial charge in [-0.1, -0.05) is 13.8 Å². The van der Waals surface area contributed by atoms with Gasteiger partial charge in [-0.2, -0.15) is 0 Å². The SMILES string of the molecule is CCCN(C=C(CCCN(C)C)C(N)=O)CCC. The molecule has 0 atom stereocenters. The van der Waals surface area contributed by atoms with Gasteiger partial charge in [0.1, 0.15) is 0 Å². The average molecular weight is 255 g/mol. The lowest BCUT2D eigenvalue weighted by molar-refractivity contribution is -0.114. The number of nitrogens with two attached hydrogens (primary N) is 1. The van der Waals surface area contributed by atoms with Crippen molar-refractivity contribution >= 4 is 5.91 Å². The van der Waals surface area contributed by atoms with E-state index in [2.05, 4.69) is 23.6 Å². The van der Waals surface area contributed by atoms with Crippen molar-refractivity contribution in [3.8, 4) is 0 Å². The summed E-state index contributed by atoms with van der Waals surface area (Å²) in [7, 11) is 4.07. The number of nitrogens with zero attached hydrogens (tertiary/aromatic N) is 2. The van der Waals surface area contributed by atoms with Crippen LogP contribution in [0.25, 0.3) is 0 Å². The van der Waals surface area contributed by atoms with E-state index in [1.807, 2.05) is 20.3 Å². The lowest BCUT2D eigenvalue weighted by Crippen LogP contribution is -2.24. The summed E-state index contributed by atoms with van der Waals surface area (Å²) in [5.41, 5.74) is 6.20. The van der Waals surface area contributed by atoms with Gasteiger partial charge in [0, 0.05) is 24.9 Å². The van der Waals surface area contributed by atoms with E-state index in [0.29, 0.717) is 0 Å². The Kier molecular flexibility index (Phi) is 9.38. The number of carbonyl (C=O) groups excluding carboxylic acids is 1. The van der Waals surface area contributed by atoms with E-state index in [1.54, 1.807) is 0 Å². The lowest BCUT2D eigenvalue weighted by atomic mass is 10.1. The van der Waals surface area contributed by atoms with E-state index < -0.39 is 0 Å². The summed E-state index contributed by atoms with van der Waals surface area (Å²) in [4.78, 5) is 15.8. The highest BCUT2D eigenvalue weighted by Gasteiger charge is 2.07. The molecule has 0 rings (SSSR count). The monoisotopic (exact) mass is 255 g/mol. The maximum Gasteiger partial charge on any atom is 0.246 e. The zero-order valence-electron chi connectivity index (χ0n) is 12.4. The zero-order valence-corrected chi connectivity index (χ0v) is 12.4. The van der Waals surface area contributed by atoms with Crippen molar-refractivity contribution in [1.29, 1.82) is 0 Å². The second-order valence-electron chi connectivity index (χ2n) is 4.96. The Bertz CT molecular complexity index is 256. The molecule has 0 aliphatic heterocycles. The van der Waals surface area contributed by atoms with E-state index in [4.69, 9.17) is 5.73 Å². The molecule has 18 heavy (non-hydrogen) atoms. The Balaban J connectivity index is 4.47. The van der Waals surface area contributed by atoms with Crippen molar-refractivity contribution in [2.45, 2.75) is 39.5 Å². The van der Waals surface area contributed by atoms with Crippen LogP contribution in [0.15, 0.2) is 11.8 Å². The van der Waals surface area contributed by atoms with Crippen LogP contribution in [0.2, 0.25) is 0 Å². The van der Waals surface area contributed by atoms with Crippen LogP contribution in [0, 0.1) is 0 Å². The molecule has 0 aliphatic rings. The van der Waals surface area contributed by atoms with Gasteiger partial charge in [0.15, 0.2) is 0 Å². The molecular weight excluding hydrogens is 226 g/mol. The van der Waals surface area contributed by atoms with Gasteiger partial charge in [0.25, 0.3) is 0 Å². The van der Waals surface area contributed by atoms with Crippen LogP contribution in [0.3, 0.4) is 0 Å². The summed E-state index contributed by atoms with van der Waals surface area (Å²) in [5, 5.41) is 0. The van der Waals surface area contributed by atoms with Crippen LogP contribution in [0.4, 0.5) is 0 Å². The van der Waals surface area contributed by atoms with Crippen molar-refractivity contribution in [3.63, 3.8) is 0 Å². The molecule has 0 unspecified atom stereocenters. The first-order valence-electron chi connectivity index (χ1n) is 6.90. The van der Waals surface area contributed by atoms with Gasteiger partial charge in [0.2, 0.25) is 5.91 Å². The molecule has 0 fully saturated rings. The molecule has 0 aliphatic carbocycles. The Morgan fingerprint density at radius 1 is 1.11 bits per heavy atom. The molecule has 0 saturated carbocycles. The number of hydrogen-bond donors (Lipinski definition) is 1. The van der Waals surface area contributed by atoms with Crippen molar-refractivity contribution in [2.75, 3.05) is 33.7 Å². The van der Waals surface area contributed by atoms with Crippen LogP contribution in [-0.4, -0.2) is 49.4 Å². The van der Waals surface area contributed by atoms with Crippen molar-refractivity contribution in [3.05, 3.63) is 11.8 Å². The van der Waals surface area contributed by atoms with Gasteiger partial charge in [-0.25, -0.2) is 0 Å². The molecule has 1 amide bonds. The largest absolute Gasteiger partial charge is 0.377 e. The van der Waals surface area contributed by atoms with E-state index in [-0.39, 0.29) is 5.91 Å². The van der Waals surface area contributed by atoms with Crippen LogP contribution in [0.5, 0.6) is 0 Å². The maximum absolute atomic E-state index is 11.4. The second-order valence-corrected chi connectivity index (χ2v) is 4.96. The molecule has 2 N–H and O–H groups in total. The van der Waals surface area contributed by atoms with Gasteiger partial charge in [0.05, 0.1) is 0 Å². The first-order chi connectivity index (χ1) is 8.51. The third kappa shape index (κ3) is 8.12. The van der Waals surface area contributed by atoms with Crippen LogP contribution in [0.1, 0.15) is 39.5 Å². The molecule has 0 aromatic carbocycles. The molecule has 0 aromatic rings. The third-order valence-electron chi connectivity index (χ3n) is 2.73. The number of rotatable bonds is 10. The van der Waals surface area contributed by atoms with Crippen LogP contribution in [-0.2, 0) is 4.79 Å². The fourth-order valence-corrected chi connectivity index (χ4v) is 1.87. The summed E-state index contributed by atoms with van der Waals surface area (Å²) >= 11 is 0. The Morgan fingerprint density at radius 3 is 2.06 bits per heavy atom. The van der Waals surface area contributed by atoms with Crippen molar-refractivity contribution in [2.24, 2.45) is 5.73 Å². The number of carbonyl (C=O) groups is 1. The first-order valence-corrected chi connectivity index (χ1v) is 6.90. The molecule has 4 nitrogen and oxygen atoms in total. The minimum atomic E-state index is -0.286. The van der Waals surface area contributed by atoms with E-state index in [1.165, 1.54) is 0 Å². The lowest BCUT2D eigenvalue weighted by Gasteiger charge is -2.20. The minimum Gasteiger partial charge on any atom is -0.377 e. The Morgan fingerprint density at radius 2 is 1.67 bits per heavy atom. The molecule has 0 spiro atoms. The highest BCUT2D eigenvalue weighted by Crippen LogP contribution is 2.08. The van der Waals surface area contributed by atoms with Gasteiger partial charge in [-0.3, -0.25) is 4.79 Å². The summed E-state index contributed by atoms with van der Waals surface area (Å²) < 4.78 is 0. The van der Waals surface area contributed by atoms with Gasteiger partial charge < -0.3 is 15.5 Å². The van der Waals surface area contributed by atoms with Crippen molar-refractivity contribution < 1.29 is 4.79 Å². The summed E-state index contributed by atoms with van der Waals surface area (Å²) in [6.07, 6.45) is 5.86. The quantitative estimate of drug-likeness (QED) is 0.606. The molecule has 4 heteroatoms. The molecular formula is C14H29N3O. The van der Waals surface area contributed by atoms with Gasteiger partial charge in [-0.15, -0.1) is 0 Å². The van der Waals surface area contributed by atoms with Gasteiger partial charge >= 0.3 is 0 Å². The van der Waals surface area contributed by atoms with Crippen LogP contribution >= 0.6 is 0 Å². The fourth-order valence-electron chi connectivity index (χ4n) is 1.87. The van der Waals surface area contributed by atoms with E-state index >= 15 is 0 Å². The number of primary amides is 1. The predicted octanol–water partition coefficient (Wildman–Crippen LogP) is 1.82. The third-order valence-corrected chi connectivity index (χ3v) is 2.73. The number of hydrogen-bond acceptors (Lipinski definition) is 3. The van der Waals surface area contributed by atoms with E-state index in [0.717, 1.165) is 50.9 Å². The Labute approximate surface area is 112 Å². The highest BCUT2D eigenvalue weighted by molar-refractivity contribution is 5.91. The first kappa shape index (κ1) is 17.0. The average Bonchev–Trinajstić information content (AvgIpc) is 2.27. The molecule has 0 saturated heterocycles. The maximum atomic E-state index is 11.4. The summed E-state index contributed by atoms with van der Waals surface area (Å²) in [6.45, 7) is 7.24. The fraction of sp³-hybridized carbons (Fsp3) is 0.786. The van der Waals surface area contributed by atoms with E-state index in [9.17, 15) is 4.79 Å². The summed E-state index contributed by atoms with van der Waals surface area (Å²) in [5.74, 6) is -0.286. The smallest absolute Gasteiger partial charge is 0.246 e. The van der Waals surface area contributed by atoms with Crippen LogP contribution < -0.4 is 5.73 Å².